The van der Waals surface area contributed by atoms with Gasteiger partial charge in [-0.1, -0.05) is 103 Å². The smallest absolute Gasteiger partial charge is 0.146 e. The summed E-state index contributed by atoms with van der Waals surface area (Å²) in [6, 6.07) is 46.4. The predicted octanol–water partition coefficient (Wildman–Crippen LogP) is 11.9. The van der Waals surface area contributed by atoms with Crippen molar-refractivity contribution >= 4 is 86.0 Å². The van der Waals surface area contributed by atoms with Gasteiger partial charge in [0.1, 0.15) is 11.2 Å². The number of hydrogen-bond acceptors (Lipinski definition) is 2. The maximum Gasteiger partial charge on any atom is 0.146 e. The van der Waals surface area contributed by atoms with Crippen molar-refractivity contribution in [3.8, 4) is 27.9 Å². The first-order chi connectivity index (χ1) is 21.4. The van der Waals surface area contributed by atoms with Crippen LogP contribution in [0.15, 0.2) is 132 Å². The summed E-state index contributed by atoms with van der Waals surface area (Å²) >= 11 is 1.88. The summed E-state index contributed by atoms with van der Waals surface area (Å²) in [6.45, 7) is 0. The number of aromatic nitrogens is 1. The van der Waals surface area contributed by atoms with E-state index in [1.807, 2.05) is 11.3 Å². The molecule has 0 atom stereocenters. The van der Waals surface area contributed by atoms with Crippen LogP contribution in [-0.2, 0) is 0 Å². The minimum absolute atomic E-state index is 0.925. The largest absolute Gasteiger partial charge is 0.455 e. The van der Waals surface area contributed by atoms with Gasteiger partial charge in [0.15, 0.2) is 0 Å². The molecule has 0 saturated carbocycles. The van der Waals surface area contributed by atoms with Gasteiger partial charge in [0.2, 0.25) is 0 Å². The Kier molecular flexibility index (Phi) is 3.99. The van der Waals surface area contributed by atoms with Crippen molar-refractivity contribution in [2.24, 2.45) is 0 Å². The Morgan fingerprint density at radius 3 is 2.02 bits per heavy atom. The highest BCUT2D eigenvalue weighted by Gasteiger charge is 2.27. The van der Waals surface area contributed by atoms with E-state index in [1.54, 1.807) is 0 Å². The van der Waals surface area contributed by atoms with Gasteiger partial charge in [-0.05, 0) is 51.9 Å². The van der Waals surface area contributed by atoms with Crippen LogP contribution in [0.3, 0.4) is 0 Å². The molecule has 0 N–H and O–H groups in total. The minimum atomic E-state index is 0.925. The first-order valence-electron chi connectivity index (χ1n) is 14.7. The van der Waals surface area contributed by atoms with E-state index in [1.165, 1.54) is 86.1 Å². The van der Waals surface area contributed by atoms with Gasteiger partial charge in [-0.2, -0.15) is 0 Å². The Bertz CT molecular complexity index is 2780. The fourth-order valence-electron chi connectivity index (χ4n) is 7.85. The van der Waals surface area contributed by atoms with Gasteiger partial charge in [0.25, 0.3) is 0 Å². The van der Waals surface area contributed by atoms with Gasteiger partial charge < -0.3 is 8.98 Å². The molecule has 0 aliphatic heterocycles. The van der Waals surface area contributed by atoms with E-state index in [2.05, 4.69) is 132 Å². The van der Waals surface area contributed by atoms with E-state index in [0.717, 1.165) is 16.6 Å². The number of thiophene rings is 1. The zero-order valence-electron chi connectivity index (χ0n) is 22.9. The lowest BCUT2D eigenvalue weighted by Gasteiger charge is -2.14. The van der Waals surface area contributed by atoms with E-state index in [4.69, 9.17) is 4.42 Å². The highest BCUT2D eigenvalue weighted by Crippen LogP contribution is 2.52. The number of nitrogens with zero attached hydrogens (tertiary/aromatic N) is 1. The topological polar surface area (TPSA) is 18.1 Å². The lowest BCUT2D eigenvalue weighted by Crippen LogP contribution is -1.96. The summed E-state index contributed by atoms with van der Waals surface area (Å²) in [7, 11) is 0. The standard InChI is InChI=1S/C40H21NOS/c1-2-11-23-22(10-1)24-15-9-16-26-31(21-20-25(23)34(24)26)41-30-17-6-3-12-27(30)36-38(41)35-28-13-4-7-18-32(28)42-39(35)37-29-14-5-8-19-33(29)43-40(36)37/h1-21H. The number of fused-ring (bicyclic) bond motifs is 15. The highest BCUT2D eigenvalue weighted by molar-refractivity contribution is 7.27. The zero-order chi connectivity index (χ0) is 27.8. The fourth-order valence-corrected chi connectivity index (χ4v) is 9.11. The van der Waals surface area contributed by atoms with E-state index in [9.17, 15) is 0 Å². The quantitative estimate of drug-likeness (QED) is 0.194. The minimum Gasteiger partial charge on any atom is -0.455 e. The molecule has 0 saturated heterocycles. The highest BCUT2D eigenvalue weighted by atomic mass is 32.1. The maximum atomic E-state index is 6.80. The molecular weight excluding hydrogens is 543 g/mol. The third-order valence-electron chi connectivity index (χ3n) is 9.52. The lowest BCUT2D eigenvalue weighted by atomic mass is 10.0. The molecule has 0 spiro atoms. The van der Waals surface area contributed by atoms with Gasteiger partial charge in [0.05, 0.1) is 22.1 Å². The lowest BCUT2D eigenvalue weighted by molar-refractivity contribution is 0.673. The van der Waals surface area contributed by atoms with E-state index in [-0.39, 0.29) is 0 Å². The molecule has 3 heterocycles. The molecule has 0 fully saturated rings. The summed E-state index contributed by atoms with van der Waals surface area (Å²) < 4.78 is 11.9. The number of benzene rings is 7. The van der Waals surface area contributed by atoms with Crippen LogP contribution in [0.25, 0.3) is 103 Å². The zero-order valence-corrected chi connectivity index (χ0v) is 23.7. The van der Waals surface area contributed by atoms with Crippen LogP contribution >= 0.6 is 11.3 Å². The maximum absolute atomic E-state index is 6.80. The fraction of sp³-hybridized carbons (Fsp3) is 0. The number of hydrogen-bond donors (Lipinski definition) is 0. The SMILES string of the molecule is c1ccc2c(c1)-c1cccc3c(-n4c5ccccc5c5c6sc7ccccc7c6c6oc7ccccc7c6c54)ccc-2c13. The van der Waals surface area contributed by atoms with Crippen molar-refractivity contribution in [1.82, 2.24) is 4.57 Å². The van der Waals surface area contributed by atoms with Crippen LogP contribution < -0.4 is 0 Å². The third kappa shape index (κ3) is 2.61. The average molecular weight is 564 g/mol. The van der Waals surface area contributed by atoms with Crippen molar-refractivity contribution < 1.29 is 4.42 Å². The van der Waals surface area contributed by atoms with Crippen molar-refractivity contribution in [3.05, 3.63) is 127 Å². The van der Waals surface area contributed by atoms with Gasteiger partial charge in [-0.3, -0.25) is 0 Å². The van der Waals surface area contributed by atoms with Gasteiger partial charge in [-0.25, -0.2) is 0 Å². The summed E-state index contributed by atoms with van der Waals surface area (Å²) in [5.74, 6) is 0. The van der Waals surface area contributed by atoms with Crippen molar-refractivity contribution in [3.63, 3.8) is 0 Å². The van der Waals surface area contributed by atoms with Gasteiger partial charge in [-0.15, -0.1) is 11.3 Å². The summed E-state index contributed by atoms with van der Waals surface area (Å²) in [5, 5.41) is 10.00. The van der Waals surface area contributed by atoms with Crippen LogP contribution in [0.1, 0.15) is 0 Å². The molecule has 0 amide bonds. The van der Waals surface area contributed by atoms with Crippen LogP contribution in [-0.4, -0.2) is 4.57 Å². The first-order valence-corrected chi connectivity index (χ1v) is 15.5. The Labute approximate surface area is 249 Å². The van der Waals surface area contributed by atoms with Crippen molar-refractivity contribution in [1.29, 1.82) is 0 Å². The normalized spacial score (nSPS) is 12.7. The van der Waals surface area contributed by atoms with Gasteiger partial charge >= 0.3 is 0 Å². The Balaban J connectivity index is 1.43. The van der Waals surface area contributed by atoms with Gasteiger partial charge in [0, 0.05) is 41.7 Å². The van der Waals surface area contributed by atoms with Crippen molar-refractivity contribution in [2.75, 3.05) is 0 Å². The van der Waals surface area contributed by atoms with Crippen molar-refractivity contribution in [2.45, 2.75) is 0 Å². The monoisotopic (exact) mass is 563 g/mol. The van der Waals surface area contributed by atoms with Crippen LogP contribution in [0.5, 0.6) is 0 Å². The molecule has 1 aliphatic carbocycles. The van der Waals surface area contributed by atoms with E-state index < -0.39 is 0 Å². The van der Waals surface area contributed by atoms with Crippen LogP contribution in [0.4, 0.5) is 0 Å². The molecule has 1 aliphatic rings. The molecule has 0 radical (unpaired) electrons. The first kappa shape index (κ1) is 22.2. The predicted molar refractivity (Wildman–Crippen MR) is 183 cm³/mol. The molecule has 43 heavy (non-hydrogen) atoms. The second-order valence-electron chi connectivity index (χ2n) is 11.6. The molecule has 7 aromatic carbocycles. The Morgan fingerprint density at radius 2 is 1.14 bits per heavy atom. The molecule has 11 rings (SSSR count). The van der Waals surface area contributed by atoms with E-state index >= 15 is 0 Å². The molecule has 0 bridgehead atoms. The van der Waals surface area contributed by atoms with Crippen LogP contribution in [0.2, 0.25) is 0 Å². The number of rotatable bonds is 1. The molecule has 2 nitrogen and oxygen atoms in total. The molecular formula is C40H21NOS. The molecule has 198 valence electrons. The Morgan fingerprint density at radius 1 is 0.465 bits per heavy atom. The summed E-state index contributed by atoms with van der Waals surface area (Å²) in [4.78, 5) is 0. The summed E-state index contributed by atoms with van der Waals surface area (Å²) in [6.07, 6.45) is 0. The number of para-hydroxylation sites is 2. The molecule has 10 aromatic rings. The third-order valence-corrected chi connectivity index (χ3v) is 10.7. The summed E-state index contributed by atoms with van der Waals surface area (Å²) in [5.41, 5.74) is 10.8. The second kappa shape index (κ2) is 7.71. The molecule has 3 heteroatoms. The molecule has 0 unspecified atom stereocenters. The Hall–Kier alpha value is -5.38. The second-order valence-corrected chi connectivity index (χ2v) is 12.6. The van der Waals surface area contributed by atoms with Crippen LogP contribution in [0, 0.1) is 0 Å². The molecule has 3 aromatic heterocycles. The number of furan rings is 1. The average Bonchev–Trinajstić information content (AvgIpc) is 3.80. The van der Waals surface area contributed by atoms with E-state index in [0.29, 0.717) is 0 Å².